The number of H-pyrrole nitrogens is 1. The van der Waals surface area contributed by atoms with Crippen molar-refractivity contribution in [1.82, 2.24) is 9.97 Å². The molecule has 3 nitrogen and oxygen atoms in total. The van der Waals surface area contributed by atoms with Crippen molar-refractivity contribution in [3.8, 4) is 0 Å². The molecular weight excluding hydrogens is 310 g/mol. The number of hydrogen-bond donors (Lipinski definition) is 1. The molecule has 0 aliphatic heterocycles. The second-order valence-corrected chi connectivity index (χ2v) is 5.00. The van der Waals surface area contributed by atoms with Gasteiger partial charge in [-0.1, -0.05) is 23.7 Å². The Morgan fingerprint density at radius 1 is 1.18 bits per heavy atom. The average molecular weight is 319 g/mol. The molecule has 0 saturated heterocycles. The predicted octanol–water partition coefficient (Wildman–Crippen LogP) is 3.94. The fourth-order valence-corrected chi connectivity index (χ4v) is 2.24. The lowest BCUT2D eigenvalue weighted by Crippen LogP contribution is -2.10. The van der Waals surface area contributed by atoms with Crippen molar-refractivity contribution in [2.45, 2.75) is 0 Å². The van der Waals surface area contributed by atoms with Crippen LogP contribution in [0.15, 0.2) is 47.3 Å². The summed E-state index contributed by atoms with van der Waals surface area (Å²) in [6.07, 6.45) is 1.22. The lowest BCUT2D eigenvalue weighted by Gasteiger charge is -2.03. The number of nitrogens with one attached hydrogen (secondary N) is 1. The Morgan fingerprint density at radius 3 is 2.77 bits per heavy atom. The Morgan fingerprint density at radius 2 is 1.95 bits per heavy atom. The molecule has 0 aliphatic rings. The largest absolute Gasteiger partial charge is 0.305 e. The van der Waals surface area contributed by atoms with Crippen molar-refractivity contribution in [2.75, 3.05) is 0 Å². The summed E-state index contributed by atoms with van der Waals surface area (Å²) in [7, 11) is 0. The van der Waals surface area contributed by atoms with Crippen LogP contribution >= 0.6 is 11.6 Å². The van der Waals surface area contributed by atoms with Crippen molar-refractivity contribution >= 4 is 33.6 Å². The van der Waals surface area contributed by atoms with Crippen LogP contribution < -0.4 is 5.56 Å². The molecule has 0 fully saturated rings. The van der Waals surface area contributed by atoms with Gasteiger partial charge in [0.05, 0.1) is 15.9 Å². The van der Waals surface area contributed by atoms with Gasteiger partial charge in [0.2, 0.25) is 0 Å². The highest BCUT2D eigenvalue weighted by Gasteiger charge is 2.08. The van der Waals surface area contributed by atoms with Gasteiger partial charge in [-0.15, -0.1) is 0 Å². The molecule has 0 saturated carbocycles. The van der Waals surface area contributed by atoms with Crippen molar-refractivity contribution < 1.29 is 8.78 Å². The summed E-state index contributed by atoms with van der Waals surface area (Å²) in [4.78, 5) is 18.7. The third kappa shape index (κ3) is 2.76. The van der Waals surface area contributed by atoms with E-state index in [2.05, 4.69) is 9.97 Å². The molecule has 3 rings (SSSR count). The van der Waals surface area contributed by atoms with Crippen molar-refractivity contribution in [2.24, 2.45) is 0 Å². The zero-order valence-corrected chi connectivity index (χ0v) is 11.9. The first-order valence-electron chi connectivity index (χ1n) is 6.36. The number of benzene rings is 2. The summed E-state index contributed by atoms with van der Waals surface area (Å²) < 4.78 is 26.8. The predicted molar refractivity (Wildman–Crippen MR) is 82.4 cm³/mol. The Labute approximate surface area is 128 Å². The van der Waals surface area contributed by atoms with E-state index >= 15 is 0 Å². The van der Waals surface area contributed by atoms with Crippen molar-refractivity contribution in [1.29, 1.82) is 0 Å². The third-order valence-corrected chi connectivity index (χ3v) is 3.37. The molecule has 6 heteroatoms. The second kappa shape index (κ2) is 5.69. The van der Waals surface area contributed by atoms with E-state index in [4.69, 9.17) is 11.6 Å². The van der Waals surface area contributed by atoms with Crippen LogP contribution in [0.3, 0.4) is 0 Å². The van der Waals surface area contributed by atoms with Gasteiger partial charge in [0.1, 0.15) is 11.6 Å². The maximum atomic E-state index is 13.6. The van der Waals surface area contributed by atoms with E-state index in [9.17, 15) is 13.6 Å². The van der Waals surface area contributed by atoms with Crippen LogP contribution in [0.25, 0.3) is 22.0 Å². The molecule has 22 heavy (non-hydrogen) atoms. The minimum Gasteiger partial charge on any atom is -0.305 e. The topological polar surface area (TPSA) is 45.8 Å². The molecule has 0 spiro atoms. The molecule has 0 unspecified atom stereocenters. The fourth-order valence-electron chi connectivity index (χ4n) is 2.03. The summed E-state index contributed by atoms with van der Waals surface area (Å²) in [5.74, 6) is -1.12. The number of rotatable bonds is 2. The smallest absolute Gasteiger partial charge is 0.259 e. The first-order valence-corrected chi connectivity index (χ1v) is 6.74. The van der Waals surface area contributed by atoms with E-state index in [-0.39, 0.29) is 22.0 Å². The molecule has 2 aromatic carbocycles. The minimum atomic E-state index is -0.623. The molecule has 1 aromatic heterocycles. The van der Waals surface area contributed by atoms with E-state index < -0.39 is 11.6 Å². The standard InChI is InChI=1S/C16H9ClF2N2O/c17-12(8-9-7-10(18)5-6-13(9)19)15-20-14-4-2-1-3-11(14)16(22)21-15/h1-8H,(H,20,21,22)/b12-8-. The highest BCUT2D eigenvalue weighted by atomic mass is 35.5. The zero-order valence-electron chi connectivity index (χ0n) is 11.1. The Hall–Kier alpha value is -2.53. The molecular formula is C16H9ClF2N2O. The molecule has 1 N–H and O–H groups in total. The normalized spacial score (nSPS) is 11.9. The first kappa shape index (κ1) is 14.4. The molecule has 0 amide bonds. The number of halogens is 3. The molecule has 0 atom stereocenters. The van der Waals surface area contributed by atoms with Gasteiger partial charge in [0.15, 0.2) is 5.82 Å². The van der Waals surface area contributed by atoms with E-state index in [1.807, 2.05) is 0 Å². The minimum absolute atomic E-state index is 0.00681. The monoisotopic (exact) mass is 318 g/mol. The van der Waals surface area contributed by atoms with Crippen LogP contribution in [-0.2, 0) is 0 Å². The lowest BCUT2D eigenvalue weighted by atomic mass is 10.2. The maximum absolute atomic E-state index is 13.6. The molecule has 3 aromatic rings. The third-order valence-electron chi connectivity index (χ3n) is 3.08. The number of aromatic nitrogens is 2. The Balaban J connectivity index is 2.12. The van der Waals surface area contributed by atoms with Gasteiger partial charge in [-0.25, -0.2) is 13.8 Å². The summed E-state index contributed by atoms with van der Waals surface area (Å²) >= 11 is 6.08. The van der Waals surface area contributed by atoms with Gasteiger partial charge < -0.3 is 4.98 Å². The van der Waals surface area contributed by atoms with Crippen LogP contribution in [0.4, 0.5) is 8.78 Å². The van der Waals surface area contributed by atoms with E-state index in [0.29, 0.717) is 10.9 Å². The Bertz CT molecular complexity index is 950. The summed E-state index contributed by atoms with van der Waals surface area (Å²) in [5.41, 5.74) is 0.0835. The van der Waals surface area contributed by atoms with Gasteiger partial charge in [-0.2, -0.15) is 0 Å². The quantitative estimate of drug-likeness (QED) is 0.778. The SMILES string of the molecule is O=c1[nH]c(/C(Cl)=C/c2cc(F)ccc2F)nc2ccccc12. The summed E-state index contributed by atoms with van der Waals surface area (Å²) in [5, 5.41) is 0.431. The van der Waals surface area contributed by atoms with Gasteiger partial charge >= 0.3 is 0 Å². The zero-order chi connectivity index (χ0) is 15.7. The number of aromatic amines is 1. The van der Waals surface area contributed by atoms with E-state index in [1.165, 1.54) is 6.08 Å². The molecule has 0 radical (unpaired) electrons. The second-order valence-electron chi connectivity index (χ2n) is 4.59. The number of para-hydroxylation sites is 1. The average Bonchev–Trinajstić information content (AvgIpc) is 2.51. The fraction of sp³-hybridized carbons (Fsp3) is 0. The molecule has 0 bridgehead atoms. The number of hydrogen-bond acceptors (Lipinski definition) is 2. The van der Waals surface area contributed by atoms with Gasteiger partial charge in [0, 0.05) is 5.56 Å². The van der Waals surface area contributed by atoms with E-state index in [1.54, 1.807) is 24.3 Å². The lowest BCUT2D eigenvalue weighted by molar-refractivity contribution is 0.598. The van der Waals surface area contributed by atoms with Crippen LogP contribution in [0.1, 0.15) is 11.4 Å². The summed E-state index contributed by atoms with van der Waals surface area (Å²) in [6, 6.07) is 9.78. The van der Waals surface area contributed by atoms with Gasteiger partial charge in [0.25, 0.3) is 5.56 Å². The van der Waals surface area contributed by atoms with Gasteiger partial charge in [-0.05, 0) is 36.4 Å². The van der Waals surface area contributed by atoms with Crippen molar-refractivity contribution in [3.05, 3.63) is 75.8 Å². The first-order chi connectivity index (χ1) is 10.5. The van der Waals surface area contributed by atoms with Crippen LogP contribution in [0.5, 0.6) is 0 Å². The highest BCUT2D eigenvalue weighted by Crippen LogP contribution is 2.21. The van der Waals surface area contributed by atoms with E-state index in [0.717, 1.165) is 18.2 Å². The maximum Gasteiger partial charge on any atom is 0.259 e. The highest BCUT2D eigenvalue weighted by molar-refractivity contribution is 6.50. The molecule has 1 heterocycles. The molecule has 0 aliphatic carbocycles. The van der Waals surface area contributed by atoms with Crippen molar-refractivity contribution in [3.63, 3.8) is 0 Å². The molecule has 110 valence electrons. The Kier molecular flexibility index (Phi) is 3.73. The van der Waals surface area contributed by atoms with Crippen LogP contribution in [-0.4, -0.2) is 9.97 Å². The van der Waals surface area contributed by atoms with Crippen LogP contribution in [0, 0.1) is 11.6 Å². The number of fused-ring (bicyclic) bond motifs is 1. The van der Waals surface area contributed by atoms with Gasteiger partial charge in [-0.3, -0.25) is 4.79 Å². The summed E-state index contributed by atoms with van der Waals surface area (Å²) in [6.45, 7) is 0. The number of nitrogens with zero attached hydrogens (tertiary/aromatic N) is 1. The van der Waals surface area contributed by atoms with Crippen LogP contribution in [0.2, 0.25) is 0 Å².